The summed E-state index contributed by atoms with van der Waals surface area (Å²) in [5.41, 5.74) is 2.47. The van der Waals surface area contributed by atoms with E-state index in [4.69, 9.17) is 0 Å². The molecule has 7 heteroatoms. The van der Waals surface area contributed by atoms with E-state index >= 15 is 0 Å². The minimum atomic E-state index is -0.180. The van der Waals surface area contributed by atoms with Gasteiger partial charge >= 0.3 is 0 Å². The van der Waals surface area contributed by atoms with Crippen LogP contribution in [0.3, 0.4) is 0 Å². The van der Waals surface area contributed by atoms with Gasteiger partial charge in [0.2, 0.25) is 5.91 Å². The lowest BCUT2D eigenvalue weighted by molar-refractivity contribution is -0.121. The summed E-state index contributed by atoms with van der Waals surface area (Å²) >= 11 is 0. The van der Waals surface area contributed by atoms with Gasteiger partial charge in [-0.25, -0.2) is 9.67 Å². The molecule has 0 bridgehead atoms. The van der Waals surface area contributed by atoms with Gasteiger partial charge in [0.1, 0.15) is 12.7 Å². The largest absolute Gasteiger partial charge is 0.352 e. The zero-order valence-electron chi connectivity index (χ0n) is 15.0. The molecule has 2 aromatic carbocycles. The van der Waals surface area contributed by atoms with E-state index in [-0.39, 0.29) is 30.8 Å². The predicted octanol–water partition coefficient (Wildman–Crippen LogP) is 2.26. The van der Waals surface area contributed by atoms with Crippen molar-refractivity contribution in [2.24, 2.45) is 0 Å². The minimum absolute atomic E-state index is 0.115. The number of benzene rings is 2. The van der Waals surface area contributed by atoms with E-state index < -0.39 is 0 Å². The first-order valence-electron chi connectivity index (χ1n) is 8.71. The fourth-order valence-electron chi connectivity index (χ4n) is 2.64. The third-order valence-electron chi connectivity index (χ3n) is 4.13. The Hall–Kier alpha value is -3.48. The van der Waals surface area contributed by atoms with Crippen LogP contribution in [0, 0.1) is 0 Å². The van der Waals surface area contributed by atoms with E-state index in [1.807, 2.05) is 37.3 Å². The number of hydrogen-bond donors (Lipinski definition) is 2. The Morgan fingerprint density at radius 1 is 1.07 bits per heavy atom. The van der Waals surface area contributed by atoms with Crippen LogP contribution < -0.4 is 10.6 Å². The monoisotopic (exact) mass is 363 g/mol. The highest BCUT2D eigenvalue weighted by atomic mass is 16.2. The van der Waals surface area contributed by atoms with Crippen molar-refractivity contribution in [1.29, 1.82) is 0 Å². The molecule has 0 radical (unpaired) electrons. The van der Waals surface area contributed by atoms with Gasteiger partial charge in [0.05, 0.1) is 11.7 Å². The van der Waals surface area contributed by atoms with Crippen LogP contribution in [-0.4, -0.2) is 33.1 Å². The number of rotatable bonds is 7. The Labute approximate surface area is 157 Å². The van der Waals surface area contributed by atoms with Gasteiger partial charge in [0.25, 0.3) is 5.91 Å². The van der Waals surface area contributed by atoms with E-state index in [1.54, 1.807) is 35.3 Å². The van der Waals surface area contributed by atoms with E-state index in [9.17, 15) is 9.59 Å². The lowest BCUT2D eigenvalue weighted by Crippen LogP contribution is -2.32. The molecule has 27 heavy (non-hydrogen) atoms. The molecule has 1 atom stereocenters. The standard InChI is InChI=1S/C20H21N5O2/c1-15(16-7-9-18(10-8-16)25-14-21-13-23-25)24-19(26)11-12-22-20(27)17-5-3-2-4-6-17/h2-10,13-15H,11-12H2,1H3,(H,22,27)(H,24,26). The van der Waals surface area contributed by atoms with Crippen LogP contribution >= 0.6 is 0 Å². The number of carbonyl (C=O) groups excluding carboxylic acids is 2. The van der Waals surface area contributed by atoms with Gasteiger partial charge in [0.15, 0.2) is 0 Å². The lowest BCUT2D eigenvalue weighted by Gasteiger charge is -2.15. The van der Waals surface area contributed by atoms with E-state index in [0.717, 1.165) is 11.3 Å². The summed E-state index contributed by atoms with van der Waals surface area (Å²) in [7, 11) is 0. The highest BCUT2D eigenvalue weighted by Crippen LogP contribution is 2.15. The van der Waals surface area contributed by atoms with Gasteiger partial charge in [-0.1, -0.05) is 30.3 Å². The lowest BCUT2D eigenvalue weighted by atomic mass is 10.1. The average Bonchev–Trinajstić information content (AvgIpc) is 3.23. The van der Waals surface area contributed by atoms with Gasteiger partial charge in [-0.15, -0.1) is 0 Å². The average molecular weight is 363 g/mol. The van der Waals surface area contributed by atoms with Crippen LogP contribution in [0.5, 0.6) is 0 Å². The smallest absolute Gasteiger partial charge is 0.251 e. The maximum Gasteiger partial charge on any atom is 0.251 e. The molecule has 2 N–H and O–H groups in total. The number of nitrogens with zero attached hydrogens (tertiary/aromatic N) is 3. The SMILES string of the molecule is CC(NC(=O)CCNC(=O)c1ccccc1)c1ccc(-n2cncn2)cc1. The summed E-state index contributed by atoms with van der Waals surface area (Å²) in [6.07, 6.45) is 3.33. The van der Waals surface area contributed by atoms with Crippen LogP contribution in [0.4, 0.5) is 0 Å². The second-order valence-electron chi connectivity index (χ2n) is 6.09. The Morgan fingerprint density at radius 3 is 2.48 bits per heavy atom. The van der Waals surface area contributed by atoms with Crippen molar-refractivity contribution >= 4 is 11.8 Å². The first-order chi connectivity index (χ1) is 13.1. The molecule has 0 aliphatic rings. The summed E-state index contributed by atoms with van der Waals surface area (Å²) in [6, 6.07) is 16.5. The third-order valence-corrected chi connectivity index (χ3v) is 4.13. The van der Waals surface area contributed by atoms with Crippen LogP contribution in [0.25, 0.3) is 5.69 Å². The van der Waals surface area contributed by atoms with Gasteiger partial charge in [-0.3, -0.25) is 9.59 Å². The zero-order chi connectivity index (χ0) is 19.1. The Balaban J connectivity index is 1.45. The van der Waals surface area contributed by atoms with Gasteiger partial charge in [-0.05, 0) is 36.8 Å². The maximum absolute atomic E-state index is 12.1. The van der Waals surface area contributed by atoms with Crippen molar-refractivity contribution < 1.29 is 9.59 Å². The van der Waals surface area contributed by atoms with Crippen molar-refractivity contribution in [2.75, 3.05) is 6.54 Å². The molecule has 0 saturated heterocycles. The van der Waals surface area contributed by atoms with Crippen LogP contribution in [0.15, 0.2) is 67.3 Å². The normalized spacial score (nSPS) is 11.6. The second kappa shape index (κ2) is 8.75. The fraction of sp³-hybridized carbons (Fsp3) is 0.200. The van der Waals surface area contributed by atoms with Crippen molar-refractivity contribution in [2.45, 2.75) is 19.4 Å². The molecule has 1 heterocycles. The van der Waals surface area contributed by atoms with Gasteiger partial charge in [0, 0.05) is 18.5 Å². The van der Waals surface area contributed by atoms with Gasteiger partial charge < -0.3 is 10.6 Å². The molecular weight excluding hydrogens is 342 g/mol. The molecule has 0 saturated carbocycles. The number of hydrogen-bond acceptors (Lipinski definition) is 4. The zero-order valence-corrected chi connectivity index (χ0v) is 15.0. The summed E-state index contributed by atoms with van der Waals surface area (Å²) < 4.78 is 1.67. The highest BCUT2D eigenvalue weighted by molar-refractivity contribution is 5.94. The number of aromatic nitrogens is 3. The van der Waals surface area contributed by atoms with Gasteiger partial charge in [-0.2, -0.15) is 5.10 Å². The maximum atomic E-state index is 12.1. The molecule has 3 aromatic rings. The Kier molecular flexibility index (Phi) is 5.94. The summed E-state index contributed by atoms with van der Waals surface area (Å²) in [6.45, 7) is 2.21. The van der Waals surface area contributed by atoms with E-state index in [0.29, 0.717) is 5.56 Å². The van der Waals surface area contributed by atoms with Crippen molar-refractivity contribution in [3.05, 3.63) is 78.4 Å². The topological polar surface area (TPSA) is 88.9 Å². The molecule has 1 aromatic heterocycles. The molecule has 0 spiro atoms. The van der Waals surface area contributed by atoms with Crippen molar-refractivity contribution in [1.82, 2.24) is 25.4 Å². The molecule has 3 rings (SSSR count). The molecule has 0 fully saturated rings. The van der Waals surface area contributed by atoms with Crippen molar-refractivity contribution in [3.8, 4) is 5.69 Å². The summed E-state index contributed by atoms with van der Waals surface area (Å²) in [5, 5.41) is 9.77. The van der Waals surface area contributed by atoms with E-state index in [1.165, 1.54) is 6.33 Å². The Bertz CT molecular complexity index is 877. The van der Waals surface area contributed by atoms with Crippen LogP contribution in [0.1, 0.15) is 35.3 Å². The quantitative estimate of drug-likeness (QED) is 0.674. The van der Waals surface area contributed by atoms with Crippen LogP contribution in [0.2, 0.25) is 0 Å². The first-order valence-corrected chi connectivity index (χ1v) is 8.71. The van der Waals surface area contributed by atoms with Crippen molar-refractivity contribution in [3.63, 3.8) is 0 Å². The first kappa shape index (κ1) is 18.3. The molecule has 0 aliphatic carbocycles. The highest BCUT2D eigenvalue weighted by Gasteiger charge is 2.11. The molecular formula is C20H21N5O2. The molecule has 2 amide bonds. The Morgan fingerprint density at radius 2 is 1.81 bits per heavy atom. The van der Waals surface area contributed by atoms with E-state index in [2.05, 4.69) is 20.7 Å². The number of carbonyl (C=O) groups is 2. The summed E-state index contributed by atoms with van der Waals surface area (Å²) in [5.74, 6) is -0.295. The van der Waals surface area contributed by atoms with Crippen LogP contribution in [-0.2, 0) is 4.79 Å². The predicted molar refractivity (Wildman–Crippen MR) is 101 cm³/mol. The third kappa shape index (κ3) is 5.01. The minimum Gasteiger partial charge on any atom is -0.352 e. The second-order valence-corrected chi connectivity index (χ2v) is 6.09. The molecule has 138 valence electrons. The molecule has 1 unspecified atom stereocenters. The fourth-order valence-corrected chi connectivity index (χ4v) is 2.64. The summed E-state index contributed by atoms with van der Waals surface area (Å²) in [4.78, 5) is 28.0. The number of nitrogens with one attached hydrogen (secondary N) is 2. The molecule has 7 nitrogen and oxygen atoms in total. The number of amides is 2. The molecule has 0 aliphatic heterocycles.